The van der Waals surface area contributed by atoms with E-state index >= 15 is 0 Å². The van der Waals surface area contributed by atoms with Gasteiger partial charge in [-0.2, -0.15) is 0 Å². The number of hydrogen-bond acceptors (Lipinski definition) is 3. The summed E-state index contributed by atoms with van der Waals surface area (Å²) in [6.07, 6.45) is 1.69. The molecule has 0 unspecified atom stereocenters. The lowest BCUT2D eigenvalue weighted by atomic mass is 9.95. The van der Waals surface area contributed by atoms with Crippen molar-refractivity contribution in [2.45, 2.75) is 18.3 Å². The van der Waals surface area contributed by atoms with E-state index in [0.29, 0.717) is 22.2 Å². The number of nitrogens with one attached hydrogen (secondary N) is 1. The predicted octanol–water partition coefficient (Wildman–Crippen LogP) is 4.03. The first kappa shape index (κ1) is 15.7. The van der Waals surface area contributed by atoms with E-state index in [9.17, 15) is 4.79 Å². The third-order valence-corrected chi connectivity index (χ3v) is 4.53. The van der Waals surface area contributed by atoms with Gasteiger partial charge in [0.2, 0.25) is 5.91 Å². The van der Waals surface area contributed by atoms with Gasteiger partial charge in [-0.3, -0.25) is 4.79 Å². The minimum atomic E-state index is -0.445. The molecule has 2 aromatic rings. The molecule has 1 saturated carbocycles. The first-order valence-corrected chi connectivity index (χ1v) is 7.77. The van der Waals surface area contributed by atoms with Crippen molar-refractivity contribution in [3.05, 3.63) is 53.1 Å². The van der Waals surface area contributed by atoms with Crippen LogP contribution in [0.2, 0.25) is 5.02 Å². The van der Waals surface area contributed by atoms with E-state index in [1.807, 2.05) is 30.3 Å². The second-order valence-corrected chi connectivity index (χ2v) is 6.00. The Hall–Kier alpha value is -2.20. The van der Waals surface area contributed by atoms with Crippen molar-refractivity contribution >= 4 is 23.2 Å². The van der Waals surface area contributed by atoms with Crippen LogP contribution in [0.5, 0.6) is 11.5 Å². The molecule has 0 spiro atoms. The molecule has 3 rings (SSSR count). The Labute approximate surface area is 140 Å². The molecule has 23 heavy (non-hydrogen) atoms. The van der Waals surface area contributed by atoms with Crippen molar-refractivity contribution < 1.29 is 14.3 Å². The number of halogens is 1. The highest BCUT2D eigenvalue weighted by molar-refractivity contribution is 6.32. The number of amides is 1. The molecule has 4 nitrogen and oxygen atoms in total. The van der Waals surface area contributed by atoms with Crippen LogP contribution in [0, 0.1) is 0 Å². The van der Waals surface area contributed by atoms with E-state index in [1.165, 1.54) is 14.2 Å². The third-order valence-electron chi connectivity index (χ3n) is 4.23. The molecule has 1 N–H and O–H groups in total. The Bertz CT molecular complexity index is 727. The average molecular weight is 332 g/mol. The number of anilines is 1. The van der Waals surface area contributed by atoms with Gasteiger partial charge in [-0.15, -0.1) is 0 Å². The minimum absolute atomic E-state index is 0.0358. The molecule has 0 saturated heterocycles. The summed E-state index contributed by atoms with van der Waals surface area (Å²) < 4.78 is 10.5. The molecule has 0 heterocycles. The van der Waals surface area contributed by atoms with Crippen LogP contribution in [0.1, 0.15) is 18.4 Å². The highest BCUT2D eigenvalue weighted by atomic mass is 35.5. The standard InChI is InChI=1S/C18H18ClNO3/c1-22-15-11-14(16(23-2)10-13(15)19)20-17(21)18(8-9-18)12-6-4-3-5-7-12/h3-7,10-11H,8-9H2,1-2H3,(H,20,21). The molecule has 2 aromatic carbocycles. The second-order valence-electron chi connectivity index (χ2n) is 5.59. The van der Waals surface area contributed by atoms with Crippen LogP contribution in [0.4, 0.5) is 5.69 Å². The van der Waals surface area contributed by atoms with E-state index in [1.54, 1.807) is 12.1 Å². The van der Waals surface area contributed by atoms with Gasteiger partial charge < -0.3 is 14.8 Å². The molecule has 1 fully saturated rings. The summed E-state index contributed by atoms with van der Waals surface area (Å²) in [5, 5.41) is 3.40. The maximum absolute atomic E-state index is 12.8. The molecule has 1 aliphatic carbocycles. The zero-order valence-corrected chi connectivity index (χ0v) is 13.8. The van der Waals surface area contributed by atoms with Crippen LogP contribution in [0.3, 0.4) is 0 Å². The van der Waals surface area contributed by atoms with Crippen molar-refractivity contribution in [2.24, 2.45) is 0 Å². The van der Waals surface area contributed by atoms with Crippen LogP contribution < -0.4 is 14.8 Å². The lowest BCUT2D eigenvalue weighted by Gasteiger charge is -2.18. The number of hydrogen-bond donors (Lipinski definition) is 1. The van der Waals surface area contributed by atoms with Gasteiger partial charge >= 0.3 is 0 Å². The van der Waals surface area contributed by atoms with Gasteiger partial charge in [-0.25, -0.2) is 0 Å². The SMILES string of the molecule is COc1cc(NC(=O)C2(c3ccccc3)CC2)c(OC)cc1Cl. The van der Waals surface area contributed by atoms with Gasteiger partial charge in [0.05, 0.1) is 30.3 Å². The summed E-state index contributed by atoms with van der Waals surface area (Å²) in [6, 6.07) is 13.2. The van der Waals surface area contributed by atoms with Gasteiger partial charge in [-0.05, 0) is 18.4 Å². The first-order valence-electron chi connectivity index (χ1n) is 7.39. The second kappa shape index (κ2) is 6.13. The summed E-state index contributed by atoms with van der Waals surface area (Å²) in [4.78, 5) is 12.8. The van der Waals surface area contributed by atoms with Crippen LogP contribution >= 0.6 is 11.6 Å². The van der Waals surface area contributed by atoms with E-state index < -0.39 is 5.41 Å². The van der Waals surface area contributed by atoms with Gasteiger partial charge in [-0.1, -0.05) is 41.9 Å². The van der Waals surface area contributed by atoms with E-state index in [0.717, 1.165) is 18.4 Å². The topological polar surface area (TPSA) is 47.6 Å². The summed E-state index contributed by atoms with van der Waals surface area (Å²) >= 11 is 6.10. The lowest BCUT2D eigenvalue weighted by molar-refractivity contribution is -0.118. The Morgan fingerprint density at radius 2 is 1.74 bits per heavy atom. The molecular weight excluding hydrogens is 314 g/mol. The smallest absolute Gasteiger partial charge is 0.235 e. The number of methoxy groups -OCH3 is 2. The van der Waals surface area contributed by atoms with Crippen molar-refractivity contribution in [1.82, 2.24) is 0 Å². The molecule has 0 aliphatic heterocycles. The fourth-order valence-corrected chi connectivity index (χ4v) is 2.96. The molecule has 0 aromatic heterocycles. The van der Waals surface area contributed by atoms with Crippen molar-refractivity contribution in [3.8, 4) is 11.5 Å². The van der Waals surface area contributed by atoms with Crippen LogP contribution in [-0.4, -0.2) is 20.1 Å². The van der Waals surface area contributed by atoms with Crippen LogP contribution in [-0.2, 0) is 10.2 Å². The Kier molecular flexibility index (Phi) is 4.18. The number of benzene rings is 2. The molecule has 1 aliphatic rings. The highest BCUT2D eigenvalue weighted by Crippen LogP contribution is 2.49. The maximum Gasteiger partial charge on any atom is 0.235 e. The molecule has 0 radical (unpaired) electrons. The van der Waals surface area contributed by atoms with Crippen molar-refractivity contribution in [2.75, 3.05) is 19.5 Å². The molecule has 5 heteroatoms. The zero-order chi connectivity index (χ0) is 16.4. The molecule has 120 valence electrons. The fourth-order valence-electron chi connectivity index (χ4n) is 2.73. The van der Waals surface area contributed by atoms with Crippen LogP contribution in [0.15, 0.2) is 42.5 Å². The van der Waals surface area contributed by atoms with Crippen molar-refractivity contribution in [3.63, 3.8) is 0 Å². The predicted molar refractivity (Wildman–Crippen MR) is 90.5 cm³/mol. The van der Waals surface area contributed by atoms with Gasteiger partial charge in [0.15, 0.2) is 0 Å². The quantitative estimate of drug-likeness (QED) is 0.900. The van der Waals surface area contributed by atoms with Crippen molar-refractivity contribution in [1.29, 1.82) is 0 Å². The van der Waals surface area contributed by atoms with E-state index in [2.05, 4.69) is 5.32 Å². The maximum atomic E-state index is 12.8. The first-order chi connectivity index (χ1) is 11.1. The van der Waals surface area contributed by atoms with Crippen LogP contribution in [0.25, 0.3) is 0 Å². The summed E-state index contributed by atoms with van der Waals surface area (Å²) in [7, 11) is 3.07. The zero-order valence-electron chi connectivity index (χ0n) is 13.1. The highest BCUT2D eigenvalue weighted by Gasteiger charge is 2.51. The summed E-state index contributed by atoms with van der Waals surface area (Å²) in [6.45, 7) is 0. The molecule has 1 amide bonds. The Balaban J connectivity index is 1.89. The molecule has 0 bridgehead atoms. The third kappa shape index (κ3) is 2.86. The van der Waals surface area contributed by atoms with Gasteiger partial charge in [0.1, 0.15) is 11.5 Å². The summed E-state index contributed by atoms with van der Waals surface area (Å²) in [5.74, 6) is 0.965. The minimum Gasteiger partial charge on any atom is -0.495 e. The number of ether oxygens (including phenoxy) is 2. The molecule has 0 atom stereocenters. The fraction of sp³-hybridized carbons (Fsp3) is 0.278. The monoisotopic (exact) mass is 331 g/mol. The molecular formula is C18H18ClNO3. The lowest BCUT2D eigenvalue weighted by Crippen LogP contribution is -2.28. The number of rotatable bonds is 5. The Morgan fingerprint density at radius 3 is 2.30 bits per heavy atom. The summed E-state index contributed by atoms with van der Waals surface area (Å²) in [5.41, 5.74) is 1.15. The average Bonchev–Trinajstić information content (AvgIpc) is 3.38. The van der Waals surface area contributed by atoms with Gasteiger partial charge in [0.25, 0.3) is 0 Å². The van der Waals surface area contributed by atoms with E-state index in [-0.39, 0.29) is 5.91 Å². The van der Waals surface area contributed by atoms with E-state index in [4.69, 9.17) is 21.1 Å². The number of carbonyl (C=O) groups excluding carboxylic acids is 1. The number of carbonyl (C=O) groups is 1. The normalized spacial score (nSPS) is 14.9. The van der Waals surface area contributed by atoms with Gasteiger partial charge in [0, 0.05) is 12.1 Å². The Morgan fingerprint density at radius 1 is 1.09 bits per heavy atom. The largest absolute Gasteiger partial charge is 0.495 e.